The molecule has 4 aromatic heterocycles. The van der Waals surface area contributed by atoms with Gasteiger partial charge in [0.2, 0.25) is 11.9 Å². The first-order valence-corrected chi connectivity index (χ1v) is 22.0. The highest BCUT2D eigenvalue weighted by Gasteiger charge is 2.23. The molecule has 0 amide bonds. The Balaban J connectivity index is 1.16. The number of hydrogen-bond donors (Lipinski definition) is 0. The minimum Gasteiger partial charge on any atom is -0.278 e. The molecule has 5 nitrogen and oxygen atoms in total. The van der Waals surface area contributed by atoms with Crippen LogP contribution in [0, 0.1) is 0 Å². The van der Waals surface area contributed by atoms with E-state index in [1.165, 1.54) is 15.5 Å². The Morgan fingerprint density at radius 2 is 0.730 bits per heavy atom. The van der Waals surface area contributed by atoms with E-state index in [4.69, 9.17) is 15.0 Å². The van der Waals surface area contributed by atoms with E-state index in [2.05, 4.69) is 221 Å². The van der Waals surface area contributed by atoms with E-state index in [0.717, 1.165) is 87.3 Å². The van der Waals surface area contributed by atoms with Crippen LogP contribution in [-0.4, -0.2) is 24.1 Å². The lowest BCUT2D eigenvalue weighted by molar-refractivity contribution is 0.894. The van der Waals surface area contributed by atoms with Gasteiger partial charge in [0.05, 0.1) is 22.1 Å². The number of fused-ring (bicyclic) bond motifs is 9. The van der Waals surface area contributed by atoms with E-state index >= 15 is 0 Å². The molecule has 0 unspecified atom stereocenters. The quantitative estimate of drug-likeness (QED) is 0.168. The second-order valence-corrected chi connectivity index (χ2v) is 17.1. The standard InChI is InChI=1S/C57H35N5S/c1-4-15-36(16-5-1)39-27-30-43-42-21-10-12-25-49(42)61(50(43)33-39)56-58-55(48-24-14-23-47-46-22-11-13-26-53(46)63-54(47)48)59-57(60-56)62-51-34-40(37-17-6-2-7-18-37)28-31-44(51)45-32-29-41(35-52(45)62)38-19-8-3-9-20-38/h1-35H. The zero-order valence-corrected chi connectivity index (χ0v) is 34.7. The van der Waals surface area contributed by atoms with Gasteiger partial charge in [-0.2, -0.15) is 15.0 Å². The molecule has 294 valence electrons. The van der Waals surface area contributed by atoms with Crippen molar-refractivity contribution in [2.45, 2.75) is 0 Å². The van der Waals surface area contributed by atoms with Gasteiger partial charge in [0, 0.05) is 47.3 Å². The predicted octanol–water partition coefficient (Wildman–Crippen LogP) is 15.1. The first-order chi connectivity index (χ1) is 31.2. The van der Waals surface area contributed by atoms with Gasteiger partial charge in [0.25, 0.3) is 0 Å². The average Bonchev–Trinajstić information content (AvgIpc) is 4.01. The van der Waals surface area contributed by atoms with Crippen LogP contribution < -0.4 is 0 Å². The van der Waals surface area contributed by atoms with Crippen molar-refractivity contribution in [2.24, 2.45) is 0 Å². The molecule has 13 rings (SSSR count). The zero-order valence-electron chi connectivity index (χ0n) is 33.9. The van der Waals surface area contributed by atoms with E-state index in [1.54, 1.807) is 11.3 Å². The normalized spacial score (nSPS) is 11.8. The van der Waals surface area contributed by atoms with Gasteiger partial charge in [-0.1, -0.05) is 176 Å². The van der Waals surface area contributed by atoms with Gasteiger partial charge >= 0.3 is 0 Å². The van der Waals surface area contributed by atoms with Crippen LogP contribution in [0.2, 0.25) is 0 Å². The van der Waals surface area contributed by atoms with Gasteiger partial charge in [-0.15, -0.1) is 11.3 Å². The largest absolute Gasteiger partial charge is 0.278 e. The predicted molar refractivity (Wildman–Crippen MR) is 263 cm³/mol. The maximum absolute atomic E-state index is 5.58. The summed E-state index contributed by atoms with van der Waals surface area (Å²) in [5, 5.41) is 6.95. The van der Waals surface area contributed by atoms with Crippen LogP contribution in [0.4, 0.5) is 0 Å². The number of aromatic nitrogens is 5. The van der Waals surface area contributed by atoms with Gasteiger partial charge in [0.1, 0.15) is 0 Å². The van der Waals surface area contributed by atoms with E-state index in [9.17, 15) is 0 Å². The lowest BCUT2D eigenvalue weighted by atomic mass is 10.0. The van der Waals surface area contributed by atoms with Crippen molar-refractivity contribution in [2.75, 3.05) is 0 Å². The summed E-state index contributed by atoms with van der Waals surface area (Å²) in [5.41, 5.74) is 11.9. The molecule has 0 aliphatic heterocycles. The van der Waals surface area contributed by atoms with Crippen molar-refractivity contribution < 1.29 is 0 Å². The minimum atomic E-state index is 0.550. The van der Waals surface area contributed by atoms with Crippen molar-refractivity contribution in [3.8, 4) is 56.7 Å². The Morgan fingerprint density at radius 3 is 1.27 bits per heavy atom. The maximum Gasteiger partial charge on any atom is 0.240 e. The molecule has 63 heavy (non-hydrogen) atoms. The topological polar surface area (TPSA) is 48.5 Å². The number of benzene rings is 9. The first-order valence-electron chi connectivity index (χ1n) is 21.2. The Labute approximate surface area is 366 Å². The van der Waals surface area contributed by atoms with Crippen LogP contribution in [0.5, 0.6) is 0 Å². The molecular weight excluding hydrogens is 787 g/mol. The highest BCUT2D eigenvalue weighted by molar-refractivity contribution is 7.26. The molecule has 0 aliphatic carbocycles. The summed E-state index contributed by atoms with van der Waals surface area (Å²) in [7, 11) is 0. The Kier molecular flexibility index (Phi) is 8.01. The summed E-state index contributed by atoms with van der Waals surface area (Å²) < 4.78 is 6.87. The summed E-state index contributed by atoms with van der Waals surface area (Å²) in [6.07, 6.45) is 0. The van der Waals surface area contributed by atoms with Crippen LogP contribution in [0.1, 0.15) is 0 Å². The second-order valence-electron chi connectivity index (χ2n) is 16.0. The summed E-state index contributed by atoms with van der Waals surface area (Å²) in [6.45, 7) is 0. The third kappa shape index (κ3) is 5.73. The molecular formula is C57H35N5S. The molecule has 0 saturated carbocycles. The van der Waals surface area contributed by atoms with Crippen molar-refractivity contribution >= 4 is 75.1 Å². The molecule has 13 aromatic rings. The average molecular weight is 822 g/mol. The molecule has 0 radical (unpaired) electrons. The van der Waals surface area contributed by atoms with Gasteiger partial charge in [-0.25, -0.2) is 0 Å². The monoisotopic (exact) mass is 821 g/mol. The highest BCUT2D eigenvalue weighted by atomic mass is 32.1. The van der Waals surface area contributed by atoms with Gasteiger partial charge < -0.3 is 0 Å². The van der Waals surface area contributed by atoms with Crippen LogP contribution in [-0.2, 0) is 0 Å². The van der Waals surface area contributed by atoms with Crippen LogP contribution in [0.25, 0.3) is 120 Å². The van der Waals surface area contributed by atoms with Gasteiger partial charge in [0.15, 0.2) is 5.82 Å². The maximum atomic E-state index is 5.58. The van der Waals surface area contributed by atoms with Crippen LogP contribution in [0.3, 0.4) is 0 Å². The zero-order chi connectivity index (χ0) is 41.4. The third-order valence-corrected chi connectivity index (χ3v) is 13.6. The smallest absolute Gasteiger partial charge is 0.240 e. The fourth-order valence-corrected chi connectivity index (χ4v) is 10.7. The Hall–Kier alpha value is -8.19. The molecule has 0 N–H and O–H groups in total. The lowest BCUT2D eigenvalue weighted by Gasteiger charge is -2.14. The molecule has 0 fully saturated rings. The molecule has 6 heteroatoms. The molecule has 4 heterocycles. The van der Waals surface area contributed by atoms with Crippen molar-refractivity contribution in [1.82, 2.24) is 24.1 Å². The van der Waals surface area contributed by atoms with E-state index in [0.29, 0.717) is 17.7 Å². The van der Waals surface area contributed by atoms with Crippen molar-refractivity contribution in [1.29, 1.82) is 0 Å². The van der Waals surface area contributed by atoms with Gasteiger partial charge in [-0.3, -0.25) is 9.13 Å². The van der Waals surface area contributed by atoms with E-state index < -0.39 is 0 Å². The molecule has 0 saturated heterocycles. The van der Waals surface area contributed by atoms with Crippen LogP contribution >= 0.6 is 11.3 Å². The summed E-state index contributed by atoms with van der Waals surface area (Å²) in [6, 6.07) is 75.7. The SMILES string of the molecule is c1ccc(-c2ccc3c4ccccc4n(-c4nc(-c5cccc6c5sc5ccccc56)nc(-n5c6cc(-c7ccccc7)ccc6c6ccc(-c7ccccc7)cc65)n4)c3c2)cc1. The number of hydrogen-bond acceptors (Lipinski definition) is 4. The van der Waals surface area contributed by atoms with E-state index in [1.807, 2.05) is 0 Å². The Bertz CT molecular complexity index is 3810. The lowest BCUT2D eigenvalue weighted by Crippen LogP contribution is -2.10. The van der Waals surface area contributed by atoms with Crippen molar-refractivity contribution in [3.63, 3.8) is 0 Å². The highest BCUT2D eigenvalue weighted by Crippen LogP contribution is 2.42. The fourth-order valence-electron chi connectivity index (χ4n) is 9.45. The minimum absolute atomic E-state index is 0.550. The first kappa shape index (κ1) is 35.6. The van der Waals surface area contributed by atoms with Gasteiger partial charge in [-0.05, 0) is 69.8 Å². The fraction of sp³-hybridized carbons (Fsp3) is 0. The Morgan fingerprint density at radius 1 is 0.302 bits per heavy atom. The van der Waals surface area contributed by atoms with Crippen molar-refractivity contribution in [3.05, 3.63) is 212 Å². The third-order valence-electron chi connectivity index (χ3n) is 12.4. The van der Waals surface area contributed by atoms with E-state index in [-0.39, 0.29) is 0 Å². The molecule has 9 aromatic carbocycles. The number of nitrogens with zero attached hydrogens (tertiary/aromatic N) is 5. The summed E-state index contributed by atoms with van der Waals surface area (Å²) in [4.78, 5) is 16.6. The molecule has 0 bridgehead atoms. The number of thiophene rings is 1. The number of rotatable bonds is 6. The van der Waals surface area contributed by atoms with Crippen LogP contribution in [0.15, 0.2) is 212 Å². The molecule has 0 spiro atoms. The second kappa shape index (κ2) is 14.2. The molecule has 0 atom stereocenters. The number of para-hydroxylation sites is 1. The summed E-state index contributed by atoms with van der Waals surface area (Å²) in [5.74, 6) is 1.72. The summed E-state index contributed by atoms with van der Waals surface area (Å²) >= 11 is 1.78. The molecule has 0 aliphatic rings.